The predicted octanol–water partition coefficient (Wildman–Crippen LogP) is 1.27. The topological polar surface area (TPSA) is 102 Å². The van der Waals surface area contributed by atoms with Gasteiger partial charge in [0, 0.05) is 30.1 Å². The quantitative estimate of drug-likeness (QED) is 0.717. The number of urea groups is 1. The fourth-order valence-corrected chi connectivity index (χ4v) is 1.58. The SMILES string of the molecule is Cc1cc(NC(=O)NC(=O)c2ccc(N)cc2)nn1C. The Balaban J connectivity index is 1.97. The summed E-state index contributed by atoms with van der Waals surface area (Å²) in [5.74, 6) is -0.122. The van der Waals surface area contributed by atoms with E-state index in [0.717, 1.165) is 5.69 Å². The number of anilines is 2. The molecule has 0 saturated carbocycles. The summed E-state index contributed by atoms with van der Waals surface area (Å²) in [7, 11) is 1.76. The van der Waals surface area contributed by atoms with Gasteiger partial charge in [-0.3, -0.25) is 20.1 Å². The van der Waals surface area contributed by atoms with Gasteiger partial charge in [0.2, 0.25) is 0 Å². The van der Waals surface area contributed by atoms with E-state index < -0.39 is 11.9 Å². The van der Waals surface area contributed by atoms with Crippen molar-refractivity contribution in [2.24, 2.45) is 7.05 Å². The number of carbonyl (C=O) groups excluding carboxylic acids is 2. The monoisotopic (exact) mass is 273 g/mol. The molecule has 0 unspecified atom stereocenters. The Morgan fingerprint density at radius 3 is 2.45 bits per heavy atom. The van der Waals surface area contributed by atoms with Crippen LogP contribution >= 0.6 is 0 Å². The Bertz CT molecular complexity index is 626. The number of hydrogen-bond acceptors (Lipinski definition) is 4. The smallest absolute Gasteiger partial charge is 0.327 e. The molecule has 2 aromatic rings. The van der Waals surface area contributed by atoms with Gasteiger partial charge in [0.05, 0.1) is 0 Å². The van der Waals surface area contributed by atoms with Crippen molar-refractivity contribution >= 4 is 23.4 Å². The first kappa shape index (κ1) is 13.6. The van der Waals surface area contributed by atoms with Crippen molar-refractivity contribution in [1.29, 1.82) is 0 Å². The molecule has 0 spiro atoms. The number of rotatable bonds is 2. The number of amides is 3. The average Bonchev–Trinajstić information content (AvgIpc) is 2.68. The summed E-state index contributed by atoms with van der Waals surface area (Å²) < 4.78 is 1.62. The summed E-state index contributed by atoms with van der Waals surface area (Å²) in [6.07, 6.45) is 0. The molecule has 0 saturated heterocycles. The van der Waals surface area contributed by atoms with Crippen LogP contribution in [0.1, 0.15) is 16.1 Å². The normalized spacial score (nSPS) is 10.1. The molecule has 2 rings (SSSR count). The number of imide groups is 1. The van der Waals surface area contributed by atoms with Gasteiger partial charge >= 0.3 is 6.03 Å². The molecule has 0 aliphatic heterocycles. The molecule has 104 valence electrons. The third-order valence-electron chi connectivity index (χ3n) is 2.76. The van der Waals surface area contributed by atoms with E-state index in [1.807, 2.05) is 6.92 Å². The van der Waals surface area contributed by atoms with Crippen LogP contribution < -0.4 is 16.4 Å². The molecule has 3 amide bonds. The molecule has 0 bridgehead atoms. The number of nitrogen functional groups attached to an aromatic ring is 1. The molecular weight excluding hydrogens is 258 g/mol. The maximum Gasteiger partial charge on any atom is 0.327 e. The van der Waals surface area contributed by atoms with Crippen molar-refractivity contribution in [3.8, 4) is 0 Å². The zero-order valence-electron chi connectivity index (χ0n) is 11.2. The highest BCUT2D eigenvalue weighted by Crippen LogP contribution is 2.07. The molecule has 1 aromatic carbocycles. The number of benzene rings is 1. The number of carbonyl (C=O) groups is 2. The molecule has 20 heavy (non-hydrogen) atoms. The lowest BCUT2D eigenvalue weighted by Crippen LogP contribution is -2.34. The molecule has 0 fully saturated rings. The Kier molecular flexibility index (Phi) is 3.69. The van der Waals surface area contributed by atoms with E-state index in [2.05, 4.69) is 15.7 Å². The van der Waals surface area contributed by atoms with Crippen molar-refractivity contribution < 1.29 is 9.59 Å². The minimum absolute atomic E-state index is 0.353. The van der Waals surface area contributed by atoms with Crippen molar-refractivity contribution in [2.45, 2.75) is 6.92 Å². The standard InChI is InChI=1S/C13H15N5O2/c1-8-7-11(17-18(8)2)15-13(20)16-12(19)9-3-5-10(14)6-4-9/h3-7H,14H2,1-2H3,(H2,15,16,17,19,20). The summed E-state index contributed by atoms with van der Waals surface area (Å²) in [5.41, 5.74) is 7.32. The molecule has 4 N–H and O–H groups in total. The summed E-state index contributed by atoms with van der Waals surface area (Å²) in [6.45, 7) is 1.86. The first-order valence-corrected chi connectivity index (χ1v) is 5.94. The zero-order valence-corrected chi connectivity index (χ0v) is 11.2. The molecule has 7 heteroatoms. The van der Waals surface area contributed by atoms with Gasteiger partial charge in [-0.1, -0.05) is 0 Å². The second-order valence-electron chi connectivity index (χ2n) is 4.32. The van der Waals surface area contributed by atoms with Gasteiger partial charge in [-0.15, -0.1) is 0 Å². The highest BCUT2D eigenvalue weighted by molar-refractivity contribution is 6.07. The highest BCUT2D eigenvalue weighted by Gasteiger charge is 2.11. The number of nitrogens with two attached hydrogens (primary N) is 1. The Hall–Kier alpha value is -2.83. The van der Waals surface area contributed by atoms with Crippen LogP contribution in [0.3, 0.4) is 0 Å². The lowest BCUT2D eigenvalue weighted by atomic mass is 10.2. The molecule has 0 radical (unpaired) electrons. The second-order valence-corrected chi connectivity index (χ2v) is 4.32. The number of aromatic nitrogens is 2. The van der Waals surface area contributed by atoms with Gasteiger partial charge in [-0.05, 0) is 31.2 Å². The lowest BCUT2D eigenvalue weighted by molar-refractivity contribution is 0.0967. The first-order chi connectivity index (χ1) is 9.45. The van der Waals surface area contributed by atoms with E-state index in [9.17, 15) is 9.59 Å². The maximum absolute atomic E-state index is 11.8. The van der Waals surface area contributed by atoms with Crippen molar-refractivity contribution in [3.05, 3.63) is 41.6 Å². The van der Waals surface area contributed by atoms with Crippen LogP contribution in [0.15, 0.2) is 30.3 Å². The van der Waals surface area contributed by atoms with Crippen molar-refractivity contribution in [1.82, 2.24) is 15.1 Å². The number of aryl methyl sites for hydroxylation is 2. The molecule has 0 aliphatic rings. The van der Waals surface area contributed by atoms with Crippen LogP contribution in [0.2, 0.25) is 0 Å². The average molecular weight is 273 g/mol. The minimum atomic E-state index is -0.634. The maximum atomic E-state index is 11.8. The van der Waals surface area contributed by atoms with Gasteiger partial charge in [0.15, 0.2) is 5.82 Å². The van der Waals surface area contributed by atoms with E-state index in [4.69, 9.17) is 5.73 Å². The Labute approximate surface area is 115 Å². The molecule has 1 aromatic heterocycles. The fourth-order valence-electron chi connectivity index (χ4n) is 1.58. The van der Waals surface area contributed by atoms with Crippen LogP contribution in [0.5, 0.6) is 0 Å². The van der Waals surface area contributed by atoms with E-state index in [1.54, 1.807) is 42.1 Å². The Morgan fingerprint density at radius 2 is 1.90 bits per heavy atom. The largest absolute Gasteiger partial charge is 0.399 e. The minimum Gasteiger partial charge on any atom is -0.399 e. The van der Waals surface area contributed by atoms with Gasteiger partial charge < -0.3 is 5.73 Å². The van der Waals surface area contributed by atoms with Gasteiger partial charge in [0.25, 0.3) is 5.91 Å². The highest BCUT2D eigenvalue weighted by atomic mass is 16.2. The number of hydrogen-bond donors (Lipinski definition) is 3. The molecule has 0 atom stereocenters. The van der Waals surface area contributed by atoms with Crippen LogP contribution in [-0.4, -0.2) is 21.7 Å². The van der Waals surface area contributed by atoms with Crippen molar-refractivity contribution in [2.75, 3.05) is 11.1 Å². The van der Waals surface area contributed by atoms with Gasteiger partial charge in [-0.25, -0.2) is 4.79 Å². The lowest BCUT2D eigenvalue weighted by Gasteiger charge is -2.04. The van der Waals surface area contributed by atoms with Crippen LogP contribution in [0, 0.1) is 6.92 Å². The van der Waals surface area contributed by atoms with E-state index in [0.29, 0.717) is 17.1 Å². The summed E-state index contributed by atoms with van der Waals surface area (Å²) in [6, 6.07) is 7.34. The number of nitrogens with zero attached hydrogens (tertiary/aromatic N) is 2. The van der Waals surface area contributed by atoms with Crippen LogP contribution in [-0.2, 0) is 7.05 Å². The molecule has 7 nitrogen and oxygen atoms in total. The van der Waals surface area contributed by atoms with E-state index >= 15 is 0 Å². The number of nitrogens with one attached hydrogen (secondary N) is 2. The first-order valence-electron chi connectivity index (χ1n) is 5.94. The third kappa shape index (κ3) is 3.14. The van der Waals surface area contributed by atoms with Crippen LogP contribution in [0.25, 0.3) is 0 Å². The summed E-state index contributed by atoms with van der Waals surface area (Å²) >= 11 is 0. The predicted molar refractivity (Wildman–Crippen MR) is 75.3 cm³/mol. The van der Waals surface area contributed by atoms with Crippen LogP contribution in [0.4, 0.5) is 16.3 Å². The van der Waals surface area contributed by atoms with E-state index in [1.165, 1.54) is 0 Å². The van der Waals surface area contributed by atoms with Gasteiger partial charge in [0.1, 0.15) is 0 Å². The molecule has 1 heterocycles. The second kappa shape index (κ2) is 5.43. The van der Waals surface area contributed by atoms with Gasteiger partial charge in [-0.2, -0.15) is 5.10 Å². The summed E-state index contributed by atoms with van der Waals surface area (Å²) in [5, 5.41) is 8.76. The molecule has 0 aliphatic carbocycles. The Morgan fingerprint density at radius 1 is 1.25 bits per heavy atom. The van der Waals surface area contributed by atoms with E-state index in [-0.39, 0.29) is 0 Å². The van der Waals surface area contributed by atoms with Crippen molar-refractivity contribution in [3.63, 3.8) is 0 Å². The summed E-state index contributed by atoms with van der Waals surface area (Å²) in [4.78, 5) is 23.5. The third-order valence-corrected chi connectivity index (χ3v) is 2.76. The zero-order chi connectivity index (χ0) is 14.7. The fraction of sp³-hybridized carbons (Fsp3) is 0.154. The molecular formula is C13H15N5O2.